The van der Waals surface area contributed by atoms with Crippen LogP contribution in [0.4, 0.5) is 0 Å². The summed E-state index contributed by atoms with van der Waals surface area (Å²) in [5, 5.41) is 4.31. The van der Waals surface area contributed by atoms with Gasteiger partial charge in [0.1, 0.15) is 5.38 Å². The summed E-state index contributed by atoms with van der Waals surface area (Å²) in [5.41, 5.74) is 1.08. The molecule has 1 aromatic carbocycles. The van der Waals surface area contributed by atoms with E-state index < -0.39 is 0 Å². The Balaban J connectivity index is 2.11. The first kappa shape index (κ1) is 11.4. The van der Waals surface area contributed by atoms with Crippen LogP contribution in [0.15, 0.2) is 28.8 Å². The lowest BCUT2D eigenvalue weighted by atomic mass is 10.1. The third kappa shape index (κ3) is 2.74. The largest absolute Gasteiger partial charge is 0.338 e. The minimum atomic E-state index is -0.258. The van der Waals surface area contributed by atoms with Gasteiger partial charge < -0.3 is 4.52 Å². The number of halogens is 2. The third-order valence-electron chi connectivity index (χ3n) is 2.10. The lowest BCUT2D eigenvalue weighted by molar-refractivity contribution is 0.374. The van der Waals surface area contributed by atoms with E-state index in [1.807, 2.05) is 24.3 Å². The molecule has 0 N–H and O–H groups in total. The number of hydrogen-bond acceptors (Lipinski definition) is 3. The Morgan fingerprint density at radius 1 is 1.31 bits per heavy atom. The lowest BCUT2D eigenvalue weighted by Crippen LogP contribution is -1.91. The standard InChI is InChI=1S/C11H10Cl2N2O/c1-7(12)11-14-10(15-16-11)6-8-2-4-9(13)5-3-8/h2-5,7H,6H2,1H3/t7-/m1/s1. The summed E-state index contributed by atoms with van der Waals surface area (Å²) < 4.78 is 5.00. The van der Waals surface area contributed by atoms with Crippen molar-refractivity contribution in [3.63, 3.8) is 0 Å². The van der Waals surface area contributed by atoms with Crippen molar-refractivity contribution in [3.8, 4) is 0 Å². The van der Waals surface area contributed by atoms with Gasteiger partial charge in [0.05, 0.1) is 0 Å². The Morgan fingerprint density at radius 2 is 2.00 bits per heavy atom. The van der Waals surface area contributed by atoms with Crippen molar-refractivity contribution in [2.75, 3.05) is 0 Å². The highest BCUT2D eigenvalue weighted by molar-refractivity contribution is 6.30. The molecular weight excluding hydrogens is 247 g/mol. The molecule has 3 nitrogen and oxygen atoms in total. The average Bonchev–Trinajstić information content (AvgIpc) is 2.70. The molecule has 16 heavy (non-hydrogen) atoms. The summed E-state index contributed by atoms with van der Waals surface area (Å²) in [5.74, 6) is 1.08. The normalized spacial score (nSPS) is 12.7. The van der Waals surface area contributed by atoms with E-state index in [1.165, 1.54) is 0 Å². The second-order valence-corrected chi connectivity index (χ2v) is 4.56. The van der Waals surface area contributed by atoms with Crippen molar-refractivity contribution >= 4 is 23.2 Å². The van der Waals surface area contributed by atoms with Crippen molar-refractivity contribution in [1.29, 1.82) is 0 Å². The van der Waals surface area contributed by atoms with Gasteiger partial charge in [-0.25, -0.2) is 0 Å². The van der Waals surface area contributed by atoms with Crippen LogP contribution in [-0.4, -0.2) is 10.1 Å². The molecule has 0 fully saturated rings. The van der Waals surface area contributed by atoms with Crippen LogP contribution in [0.2, 0.25) is 5.02 Å². The number of rotatable bonds is 3. The van der Waals surface area contributed by atoms with Crippen LogP contribution in [0.5, 0.6) is 0 Å². The topological polar surface area (TPSA) is 38.9 Å². The zero-order valence-electron chi connectivity index (χ0n) is 8.65. The highest BCUT2D eigenvalue weighted by atomic mass is 35.5. The zero-order chi connectivity index (χ0) is 11.5. The highest BCUT2D eigenvalue weighted by Crippen LogP contribution is 2.18. The molecule has 0 saturated carbocycles. The molecule has 1 heterocycles. The smallest absolute Gasteiger partial charge is 0.244 e. The zero-order valence-corrected chi connectivity index (χ0v) is 10.2. The van der Waals surface area contributed by atoms with E-state index in [-0.39, 0.29) is 5.38 Å². The van der Waals surface area contributed by atoms with Crippen LogP contribution >= 0.6 is 23.2 Å². The predicted molar refractivity (Wildman–Crippen MR) is 62.8 cm³/mol. The first-order valence-electron chi connectivity index (χ1n) is 4.86. The Kier molecular flexibility index (Phi) is 3.46. The summed E-state index contributed by atoms with van der Waals surface area (Å²) in [7, 11) is 0. The van der Waals surface area contributed by atoms with E-state index in [2.05, 4.69) is 10.1 Å². The van der Waals surface area contributed by atoms with Gasteiger partial charge in [-0.15, -0.1) is 11.6 Å². The SMILES string of the molecule is C[C@@H](Cl)c1nc(Cc2ccc(Cl)cc2)no1. The van der Waals surface area contributed by atoms with Crippen LogP contribution in [0, 0.1) is 0 Å². The Labute approximate surface area is 103 Å². The van der Waals surface area contributed by atoms with Crippen molar-refractivity contribution in [2.45, 2.75) is 18.7 Å². The first-order valence-corrected chi connectivity index (χ1v) is 5.67. The maximum atomic E-state index is 5.83. The van der Waals surface area contributed by atoms with Gasteiger partial charge in [-0.05, 0) is 24.6 Å². The third-order valence-corrected chi connectivity index (χ3v) is 2.54. The van der Waals surface area contributed by atoms with Gasteiger partial charge in [-0.3, -0.25) is 0 Å². The molecule has 5 heteroatoms. The van der Waals surface area contributed by atoms with Crippen molar-refractivity contribution in [2.24, 2.45) is 0 Å². The monoisotopic (exact) mass is 256 g/mol. The molecule has 2 aromatic rings. The molecule has 0 spiro atoms. The van der Waals surface area contributed by atoms with Gasteiger partial charge in [0, 0.05) is 11.4 Å². The molecule has 0 saturated heterocycles. The van der Waals surface area contributed by atoms with Gasteiger partial charge in [-0.1, -0.05) is 28.9 Å². The average molecular weight is 257 g/mol. The Morgan fingerprint density at radius 3 is 2.56 bits per heavy atom. The van der Waals surface area contributed by atoms with E-state index in [0.717, 1.165) is 5.56 Å². The molecule has 84 valence electrons. The second-order valence-electron chi connectivity index (χ2n) is 3.47. The fourth-order valence-electron chi connectivity index (χ4n) is 1.29. The number of benzene rings is 1. The molecule has 0 radical (unpaired) electrons. The van der Waals surface area contributed by atoms with Crippen molar-refractivity contribution in [1.82, 2.24) is 10.1 Å². The summed E-state index contributed by atoms with van der Waals surface area (Å²) in [4.78, 5) is 4.18. The number of nitrogens with zero attached hydrogens (tertiary/aromatic N) is 2. The Hall–Kier alpha value is -1.06. The predicted octanol–water partition coefficient (Wildman–Crippen LogP) is 3.61. The van der Waals surface area contributed by atoms with Crippen LogP contribution in [0.25, 0.3) is 0 Å². The fourth-order valence-corrected chi connectivity index (χ4v) is 1.50. The fraction of sp³-hybridized carbons (Fsp3) is 0.273. The number of hydrogen-bond donors (Lipinski definition) is 0. The molecule has 0 aliphatic carbocycles. The van der Waals surface area contributed by atoms with Crippen LogP contribution in [0.1, 0.15) is 29.6 Å². The minimum absolute atomic E-state index is 0.258. The minimum Gasteiger partial charge on any atom is -0.338 e. The van der Waals surface area contributed by atoms with Crippen molar-refractivity contribution < 1.29 is 4.52 Å². The molecule has 2 rings (SSSR count). The summed E-state index contributed by atoms with van der Waals surface area (Å²) in [6.07, 6.45) is 0.615. The van der Waals surface area contributed by atoms with Crippen molar-refractivity contribution in [3.05, 3.63) is 46.6 Å². The molecule has 1 atom stereocenters. The molecule has 0 unspecified atom stereocenters. The summed E-state index contributed by atoms with van der Waals surface area (Å²) in [6.45, 7) is 1.79. The number of aromatic nitrogens is 2. The molecular formula is C11H10Cl2N2O. The van der Waals surface area contributed by atoms with Gasteiger partial charge in [-0.2, -0.15) is 4.98 Å². The van der Waals surface area contributed by atoms with E-state index in [0.29, 0.717) is 23.2 Å². The highest BCUT2D eigenvalue weighted by Gasteiger charge is 2.11. The molecule has 0 aliphatic rings. The van der Waals surface area contributed by atoms with Crippen LogP contribution < -0.4 is 0 Å². The molecule has 0 bridgehead atoms. The van der Waals surface area contributed by atoms with E-state index >= 15 is 0 Å². The van der Waals surface area contributed by atoms with E-state index in [9.17, 15) is 0 Å². The lowest BCUT2D eigenvalue weighted by Gasteiger charge is -1.96. The van der Waals surface area contributed by atoms with Crippen LogP contribution in [0.3, 0.4) is 0 Å². The van der Waals surface area contributed by atoms with Gasteiger partial charge >= 0.3 is 0 Å². The molecule has 0 aliphatic heterocycles. The summed E-state index contributed by atoms with van der Waals surface area (Å²) >= 11 is 11.6. The quantitative estimate of drug-likeness (QED) is 0.788. The maximum absolute atomic E-state index is 5.83. The van der Waals surface area contributed by atoms with Gasteiger partial charge in [0.25, 0.3) is 0 Å². The second kappa shape index (κ2) is 4.85. The summed E-state index contributed by atoms with van der Waals surface area (Å²) in [6, 6.07) is 7.54. The van der Waals surface area contributed by atoms with Gasteiger partial charge in [0.2, 0.25) is 5.89 Å². The van der Waals surface area contributed by atoms with E-state index in [1.54, 1.807) is 6.92 Å². The molecule has 0 amide bonds. The first-order chi connectivity index (χ1) is 7.65. The maximum Gasteiger partial charge on any atom is 0.244 e. The van der Waals surface area contributed by atoms with Crippen LogP contribution in [-0.2, 0) is 6.42 Å². The number of alkyl halides is 1. The van der Waals surface area contributed by atoms with E-state index in [4.69, 9.17) is 27.7 Å². The van der Waals surface area contributed by atoms with Gasteiger partial charge in [0.15, 0.2) is 5.82 Å². The molecule has 1 aromatic heterocycles. The Bertz CT molecular complexity index is 465.